The van der Waals surface area contributed by atoms with Gasteiger partial charge in [0.1, 0.15) is 0 Å². The fourth-order valence-corrected chi connectivity index (χ4v) is 4.37. The van der Waals surface area contributed by atoms with Crippen LogP contribution in [0.25, 0.3) is 0 Å². The van der Waals surface area contributed by atoms with Crippen LogP contribution < -0.4 is 15.5 Å². The largest absolute Gasteiger partial charge is 0.381 e. The summed E-state index contributed by atoms with van der Waals surface area (Å²) in [5, 5.41) is 7.16. The van der Waals surface area contributed by atoms with Crippen molar-refractivity contribution in [3.63, 3.8) is 0 Å². The van der Waals surface area contributed by atoms with E-state index in [1.54, 1.807) is 0 Å². The molecular weight excluding hydrogens is 459 g/mol. The minimum Gasteiger partial charge on any atom is -0.381 e. The molecule has 7 heteroatoms. The number of ether oxygens (including phenoxy) is 1. The molecular formula is C19H31IN4OS. The van der Waals surface area contributed by atoms with Gasteiger partial charge in [-0.05, 0) is 37.7 Å². The van der Waals surface area contributed by atoms with E-state index in [9.17, 15) is 0 Å². The predicted molar refractivity (Wildman–Crippen MR) is 123 cm³/mol. The number of nitrogens with one attached hydrogen (secondary N) is 2. The van der Waals surface area contributed by atoms with Gasteiger partial charge in [0.25, 0.3) is 0 Å². The van der Waals surface area contributed by atoms with Gasteiger partial charge in [0.2, 0.25) is 0 Å². The molecule has 0 amide bonds. The maximum absolute atomic E-state index is 5.53. The molecule has 1 atom stereocenters. The molecule has 2 aliphatic heterocycles. The van der Waals surface area contributed by atoms with Crippen LogP contribution in [0.2, 0.25) is 0 Å². The molecule has 5 nitrogen and oxygen atoms in total. The Kier molecular flexibility index (Phi) is 8.83. The first kappa shape index (κ1) is 21.6. The van der Waals surface area contributed by atoms with Crippen LogP contribution in [0.15, 0.2) is 35.3 Å². The lowest BCUT2D eigenvalue weighted by Gasteiger charge is -2.36. The zero-order valence-corrected chi connectivity index (χ0v) is 18.9. The van der Waals surface area contributed by atoms with Crippen molar-refractivity contribution in [1.82, 2.24) is 10.6 Å². The fraction of sp³-hybridized carbons (Fsp3) is 0.632. The van der Waals surface area contributed by atoms with Crippen LogP contribution in [0, 0.1) is 0 Å². The zero-order chi connectivity index (χ0) is 17.5. The second-order valence-electron chi connectivity index (χ2n) is 6.84. The van der Waals surface area contributed by atoms with Crippen LogP contribution in [-0.2, 0) is 4.74 Å². The van der Waals surface area contributed by atoms with E-state index in [1.165, 1.54) is 5.69 Å². The van der Waals surface area contributed by atoms with Crippen LogP contribution in [0.3, 0.4) is 0 Å². The Morgan fingerprint density at radius 1 is 1.31 bits per heavy atom. The maximum Gasteiger partial charge on any atom is 0.191 e. The molecule has 2 fully saturated rings. The first-order valence-corrected chi connectivity index (χ1v) is 10.4. The second-order valence-corrected chi connectivity index (χ2v) is 8.11. The molecule has 1 aromatic carbocycles. The molecule has 0 radical (unpaired) electrons. The molecule has 2 heterocycles. The number of thioether (sulfide) groups is 1. The van der Waals surface area contributed by atoms with Gasteiger partial charge in [-0.1, -0.05) is 18.2 Å². The van der Waals surface area contributed by atoms with Crippen molar-refractivity contribution in [2.24, 2.45) is 4.99 Å². The number of nitrogens with zero attached hydrogens (tertiary/aromatic N) is 2. The van der Waals surface area contributed by atoms with Gasteiger partial charge in [0, 0.05) is 56.4 Å². The highest BCUT2D eigenvalue weighted by Crippen LogP contribution is 2.33. The molecule has 0 bridgehead atoms. The van der Waals surface area contributed by atoms with E-state index in [0.29, 0.717) is 6.04 Å². The lowest BCUT2D eigenvalue weighted by atomic mass is 9.99. The van der Waals surface area contributed by atoms with Crippen molar-refractivity contribution in [3.8, 4) is 0 Å². The monoisotopic (exact) mass is 490 g/mol. The van der Waals surface area contributed by atoms with Crippen LogP contribution in [0.5, 0.6) is 0 Å². The Hall–Kier alpha value is -0.670. The van der Waals surface area contributed by atoms with Gasteiger partial charge in [-0.3, -0.25) is 4.99 Å². The Morgan fingerprint density at radius 2 is 2.04 bits per heavy atom. The standard InChI is InChI=1S/C19H30N4OS.HI/c1-20-18(21-15-19(25-2)9-12-24-13-10-19)22-16-8-11-23(14-16)17-6-4-3-5-7-17;/h3-7,16H,8-15H2,1-2H3,(H2,20,21,22);1H. The Bertz CT molecular complexity index is 566. The van der Waals surface area contributed by atoms with Gasteiger partial charge in [-0.25, -0.2) is 0 Å². The number of aliphatic imine (C=N–C) groups is 1. The lowest BCUT2D eigenvalue weighted by Crippen LogP contribution is -2.50. The normalized spacial score (nSPS) is 22.6. The molecule has 146 valence electrons. The lowest BCUT2D eigenvalue weighted by molar-refractivity contribution is 0.0782. The Morgan fingerprint density at radius 3 is 2.69 bits per heavy atom. The zero-order valence-electron chi connectivity index (χ0n) is 15.7. The summed E-state index contributed by atoms with van der Waals surface area (Å²) in [6.45, 7) is 4.77. The quantitative estimate of drug-likeness (QED) is 0.378. The minimum atomic E-state index is 0. The van der Waals surface area contributed by atoms with E-state index >= 15 is 0 Å². The average molecular weight is 490 g/mol. The van der Waals surface area contributed by atoms with Crippen LogP contribution in [-0.4, -0.2) is 62.9 Å². The van der Waals surface area contributed by atoms with Gasteiger partial charge in [-0.2, -0.15) is 11.8 Å². The van der Waals surface area contributed by atoms with Gasteiger partial charge >= 0.3 is 0 Å². The van der Waals surface area contributed by atoms with Crippen molar-refractivity contribution < 1.29 is 4.74 Å². The fourth-order valence-electron chi connectivity index (χ4n) is 3.58. The number of benzene rings is 1. The van der Waals surface area contributed by atoms with E-state index in [0.717, 1.165) is 58.1 Å². The summed E-state index contributed by atoms with van der Waals surface area (Å²) in [5.41, 5.74) is 1.30. The summed E-state index contributed by atoms with van der Waals surface area (Å²) in [4.78, 5) is 6.87. The van der Waals surface area contributed by atoms with Gasteiger partial charge in [0.15, 0.2) is 5.96 Å². The summed E-state index contributed by atoms with van der Waals surface area (Å²) in [6.07, 6.45) is 5.54. The van der Waals surface area contributed by atoms with Crippen LogP contribution in [0.1, 0.15) is 19.3 Å². The second kappa shape index (κ2) is 10.6. The number of hydrogen-bond donors (Lipinski definition) is 2. The topological polar surface area (TPSA) is 48.9 Å². The molecule has 0 aliphatic carbocycles. The third kappa shape index (κ3) is 5.66. The highest BCUT2D eigenvalue weighted by molar-refractivity contribution is 14.0. The number of guanidine groups is 1. The summed E-state index contributed by atoms with van der Waals surface area (Å²) >= 11 is 1.95. The maximum atomic E-state index is 5.53. The van der Waals surface area contributed by atoms with Crippen molar-refractivity contribution >= 4 is 47.4 Å². The van der Waals surface area contributed by atoms with Crippen LogP contribution in [0.4, 0.5) is 5.69 Å². The van der Waals surface area contributed by atoms with Gasteiger partial charge in [0.05, 0.1) is 0 Å². The van der Waals surface area contributed by atoms with E-state index in [-0.39, 0.29) is 28.7 Å². The predicted octanol–water partition coefficient (Wildman–Crippen LogP) is 2.96. The Balaban J connectivity index is 0.00000243. The third-order valence-electron chi connectivity index (χ3n) is 5.29. The number of anilines is 1. The molecule has 0 aromatic heterocycles. The average Bonchev–Trinajstić information content (AvgIpc) is 3.15. The van der Waals surface area contributed by atoms with Gasteiger partial charge < -0.3 is 20.3 Å². The first-order valence-electron chi connectivity index (χ1n) is 9.15. The molecule has 26 heavy (non-hydrogen) atoms. The molecule has 2 N–H and O–H groups in total. The summed E-state index contributed by atoms with van der Waals surface area (Å²) in [6, 6.07) is 11.1. The Labute approximate surface area is 178 Å². The molecule has 3 rings (SSSR count). The summed E-state index contributed by atoms with van der Waals surface area (Å²) < 4.78 is 5.79. The van der Waals surface area contributed by atoms with Crippen molar-refractivity contribution in [2.45, 2.75) is 30.1 Å². The van der Waals surface area contributed by atoms with E-state index in [2.05, 4.69) is 57.1 Å². The molecule has 2 saturated heterocycles. The van der Waals surface area contributed by atoms with Crippen molar-refractivity contribution in [3.05, 3.63) is 30.3 Å². The molecule has 1 unspecified atom stereocenters. The minimum absolute atomic E-state index is 0. The third-order valence-corrected chi connectivity index (χ3v) is 6.71. The summed E-state index contributed by atoms with van der Waals surface area (Å²) in [5.74, 6) is 0.917. The SMILES string of the molecule is CN=C(NCC1(SC)CCOCC1)NC1CCN(c2ccccc2)C1.I. The molecule has 0 spiro atoms. The molecule has 1 aromatic rings. The highest BCUT2D eigenvalue weighted by Gasteiger charge is 2.32. The molecule has 0 saturated carbocycles. The van der Waals surface area contributed by atoms with E-state index in [4.69, 9.17) is 4.74 Å². The number of halogens is 1. The van der Waals surface area contributed by atoms with Crippen molar-refractivity contribution in [1.29, 1.82) is 0 Å². The number of hydrogen-bond acceptors (Lipinski definition) is 4. The number of rotatable bonds is 5. The van der Waals surface area contributed by atoms with E-state index < -0.39 is 0 Å². The molecule has 2 aliphatic rings. The van der Waals surface area contributed by atoms with E-state index in [1.807, 2.05) is 18.8 Å². The van der Waals surface area contributed by atoms with Crippen LogP contribution >= 0.6 is 35.7 Å². The smallest absolute Gasteiger partial charge is 0.191 e. The first-order chi connectivity index (χ1) is 12.2. The summed E-state index contributed by atoms with van der Waals surface area (Å²) in [7, 11) is 1.86. The van der Waals surface area contributed by atoms with Crippen molar-refractivity contribution in [2.75, 3.05) is 51.1 Å². The number of para-hydroxylation sites is 1. The van der Waals surface area contributed by atoms with Gasteiger partial charge in [-0.15, -0.1) is 24.0 Å². The highest BCUT2D eigenvalue weighted by atomic mass is 127.